The smallest absolute Gasteiger partial charge is 0.0546 e. The number of hydrogen-bond donors (Lipinski definition) is 0. The molecule has 0 aromatic heterocycles. The normalized spacial score (nSPS) is 11.2. The summed E-state index contributed by atoms with van der Waals surface area (Å²) in [6, 6.07) is 104. The molecule has 0 fully saturated rings. The van der Waals surface area contributed by atoms with Crippen LogP contribution in [0.25, 0.3) is 99.4 Å². The number of rotatable bonds is 10. The first-order chi connectivity index (χ1) is 34.3. The van der Waals surface area contributed by atoms with Crippen molar-refractivity contribution in [2.45, 2.75) is 0 Å². The molecule has 1 heteroatoms. The van der Waals surface area contributed by atoms with Crippen LogP contribution >= 0.6 is 0 Å². The molecule has 0 aliphatic carbocycles. The van der Waals surface area contributed by atoms with E-state index in [0.717, 1.165) is 22.6 Å². The molecule has 1 nitrogen and oxygen atoms in total. The van der Waals surface area contributed by atoms with Gasteiger partial charge in [-0.1, -0.05) is 249 Å². The largest absolute Gasteiger partial charge is 0.310 e. The summed E-state index contributed by atoms with van der Waals surface area (Å²) >= 11 is 0. The van der Waals surface area contributed by atoms with Crippen LogP contribution in [-0.4, -0.2) is 0 Å². The van der Waals surface area contributed by atoms with E-state index in [1.54, 1.807) is 0 Å². The van der Waals surface area contributed by atoms with E-state index in [1.165, 1.54) is 93.9 Å². The predicted molar refractivity (Wildman–Crippen MR) is 294 cm³/mol. The number of benzene rings is 12. The third-order valence-electron chi connectivity index (χ3n) is 13.5. The van der Waals surface area contributed by atoms with Crippen LogP contribution < -0.4 is 4.90 Å². The van der Waals surface area contributed by atoms with Gasteiger partial charge in [-0.2, -0.15) is 0 Å². The quantitative estimate of drug-likeness (QED) is 0.124. The lowest BCUT2D eigenvalue weighted by Gasteiger charge is -2.30. The van der Waals surface area contributed by atoms with Crippen molar-refractivity contribution in [3.63, 3.8) is 0 Å². The van der Waals surface area contributed by atoms with Crippen molar-refractivity contribution >= 4 is 38.6 Å². The van der Waals surface area contributed by atoms with Gasteiger partial charge in [0.15, 0.2) is 0 Å². The van der Waals surface area contributed by atoms with Gasteiger partial charge in [-0.25, -0.2) is 0 Å². The molecule has 12 aromatic carbocycles. The van der Waals surface area contributed by atoms with Gasteiger partial charge in [0.2, 0.25) is 0 Å². The van der Waals surface area contributed by atoms with E-state index >= 15 is 0 Å². The first-order valence-electron chi connectivity index (χ1n) is 23.8. The number of nitrogens with zero attached hydrogens (tertiary/aromatic N) is 1. The molecule has 0 N–H and O–H groups in total. The molecule has 0 unspecified atom stereocenters. The third-order valence-corrected chi connectivity index (χ3v) is 13.5. The SMILES string of the molecule is c1ccc(-c2ccc(-c3ccc(N(c4ccc(-c5ccccc5)c(-c5ccccc5)c4)c4cccc5c4c(-c4ccccc4)c(-c4ccccc4)c4ccccc45)cc3)cc2-c2ccccc2)cc1. The second-order valence-electron chi connectivity index (χ2n) is 17.6. The molecule has 0 atom stereocenters. The Bertz CT molecular complexity index is 3720. The summed E-state index contributed by atoms with van der Waals surface area (Å²) in [5.74, 6) is 0. The molecule has 0 aliphatic heterocycles. The number of fused-ring (bicyclic) bond motifs is 3. The van der Waals surface area contributed by atoms with Crippen LogP contribution in [0.5, 0.6) is 0 Å². The maximum atomic E-state index is 2.48. The van der Waals surface area contributed by atoms with Gasteiger partial charge >= 0.3 is 0 Å². The molecular weight excluding hydrogens is 831 g/mol. The van der Waals surface area contributed by atoms with Gasteiger partial charge in [-0.05, 0) is 125 Å². The molecule has 69 heavy (non-hydrogen) atoms. The van der Waals surface area contributed by atoms with Crippen molar-refractivity contribution in [2.75, 3.05) is 4.90 Å². The van der Waals surface area contributed by atoms with Gasteiger partial charge in [0.1, 0.15) is 0 Å². The summed E-state index contributed by atoms with van der Waals surface area (Å²) in [4.78, 5) is 2.48. The highest BCUT2D eigenvalue weighted by atomic mass is 15.1. The minimum Gasteiger partial charge on any atom is -0.310 e. The van der Waals surface area contributed by atoms with Gasteiger partial charge in [0, 0.05) is 22.3 Å². The highest BCUT2D eigenvalue weighted by Gasteiger charge is 2.25. The zero-order valence-electron chi connectivity index (χ0n) is 38.1. The first-order valence-corrected chi connectivity index (χ1v) is 23.8. The Balaban J connectivity index is 1.12. The molecule has 0 amide bonds. The van der Waals surface area contributed by atoms with Crippen molar-refractivity contribution < 1.29 is 0 Å². The minimum atomic E-state index is 1.07. The number of hydrogen-bond acceptors (Lipinski definition) is 1. The van der Waals surface area contributed by atoms with Gasteiger partial charge in [-0.15, -0.1) is 0 Å². The van der Waals surface area contributed by atoms with E-state index in [9.17, 15) is 0 Å². The molecule has 0 heterocycles. The Morgan fingerprint density at radius 1 is 0.203 bits per heavy atom. The lowest BCUT2D eigenvalue weighted by Crippen LogP contribution is -2.11. The topological polar surface area (TPSA) is 3.24 Å². The Labute approximate surface area is 404 Å². The summed E-state index contributed by atoms with van der Waals surface area (Å²) in [6.45, 7) is 0. The van der Waals surface area contributed by atoms with Crippen molar-refractivity contribution in [3.8, 4) is 77.9 Å². The molecular formula is C68H47N. The lowest BCUT2D eigenvalue weighted by molar-refractivity contribution is 1.30. The summed E-state index contributed by atoms with van der Waals surface area (Å²) in [7, 11) is 0. The molecule has 324 valence electrons. The Morgan fingerprint density at radius 2 is 0.594 bits per heavy atom. The van der Waals surface area contributed by atoms with Crippen LogP contribution in [0.3, 0.4) is 0 Å². The minimum absolute atomic E-state index is 1.07. The van der Waals surface area contributed by atoms with Crippen molar-refractivity contribution in [3.05, 3.63) is 285 Å². The predicted octanol–water partition coefficient (Wildman–Crippen LogP) is 19.1. The molecule has 0 aliphatic rings. The zero-order valence-corrected chi connectivity index (χ0v) is 38.1. The molecule has 0 bridgehead atoms. The van der Waals surface area contributed by atoms with Crippen molar-refractivity contribution in [2.24, 2.45) is 0 Å². The monoisotopic (exact) mass is 877 g/mol. The Morgan fingerprint density at radius 3 is 1.13 bits per heavy atom. The highest BCUT2D eigenvalue weighted by Crippen LogP contribution is 2.51. The Kier molecular flexibility index (Phi) is 11.0. The molecule has 12 aromatic rings. The third kappa shape index (κ3) is 7.86. The second kappa shape index (κ2) is 18.3. The molecule has 0 radical (unpaired) electrons. The summed E-state index contributed by atoms with van der Waals surface area (Å²) in [5.41, 5.74) is 19.9. The number of anilines is 3. The average molecular weight is 878 g/mol. The maximum Gasteiger partial charge on any atom is 0.0546 e. The maximum absolute atomic E-state index is 2.48. The van der Waals surface area contributed by atoms with Crippen LogP contribution in [0.4, 0.5) is 17.1 Å². The van der Waals surface area contributed by atoms with E-state index in [0.29, 0.717) is 0 Å². The van der Waals surface area contributed by atoms with Crippen LogP contribution in [-0.2, 0) is 0 Å². The van der Waals surface area contributed by atoms with Gasteiger partial charge < -0.3 is 4.90 Å². The van der Waals surface area contributed by atoms with Crippen molar-refractivity contribution in [1.29, 1.82) is 0 Å². The Hall–Kier alpha value is -9.04. The average Bonchev–Trinajstić information content (AvgIpc) is 3.44. The zero-order chi connectivity index (χ0) is 45.9. The fraction of sp³-hybridized carbons (Fsp3) is 0. The van der Waals surface area contributed by atoms with Gasteiger partial charge in [0.05, 0.1) is 5.69 Å². The summed E-state index contributed by atoms with van der Waals surface area (Å²) < 4.78 is 0. The van der Waals surface area contributed by atoms with E-state index < -0.39 is 0 Å². The molecule has 12 rings (SSSR count). The van der Waals surface area contributed by atoms with E-state index in [1.807, 2.05) is 0 Å². The van der Waals surface area contributed by atoms with Gasteiger partial charge in [-0.3, -0.25) is 0 Å². The van der Waals surface area contributed by atoms with Crippen LogP contribution in [0, 0.1) is 0 Å². The fourth-order valence-corrected chi connectivity index (χ4v) is 10.3. The second-order valence-corrected chi connectivity index (χ2v) is 17.6. The molecule has 0 saturated carbocycles. The lowest BCUT2D eigenvalue weighted by atomic mass is 9.84. The molecule has 0 saturated heterocycles. The molecule has 0 spiro atoms. The summed E-state index contributed by atoms with van der Waals surface area (Å²) in [5, 5.41) is 4.86. The summed E-state index contributed by atoms with van der Waals surface area (Å²) in [6.07, 6.45) is 0. The highest BCUT2D eigenvalue weighted by molar-refractivity contribution is 6.25. The fourth-order valence-electron chi connectivity index (χ4n) is 10.3. The van der Waals surface area contributed by atoms with Gasteiger partial charge in [0.25, 0.3) is 0 Å². The first kappa shape index (κ1) is 41.4. The van der Waals surface area contributed by atoms with E-state index in [4.69, 9.17) is 0 Å². The van der Waals surface area contributed by atoms with Crippen LogP contribution in [0.2, 0.25) is 0 Å². The standard InChI is InChI=1S/C68H47N/c1-7-22-49(23-8-1)58-44-40-55(46-63(58)51-26-11-3-12-27-51)48-38-41-56(42-39-48)69(57-43-45-59(50-24-9-2-10-25-50)64(47-57)52-28-13-4-14-29-52)65-37-21-36-62-60-34-19-20-35-61(60)66(53-30-15-5-16-31-53)67(68(62)65)54-32-17-6-18-33-54/h1-47H. The van der Waals surface area contributed by atoms with Crippen LogP contribution in [0.15, 0.2) is 285 Å². The van der Waals surface area contributed by atoms with E-state index in [2.05, 4.69) is 290 Å². The van der Waals surface area contributed by atoms with Crippen LogP contribution in [0.1, 0.15) is 0 Å². The van der Waals surface area contributed by atoms with E-state index in [-0.39, 0.29) is 0 Å². The van der Waals surface area contributed by atoms with Crippen molar-refractivity contribution in [1.82, 2.24) is 0 Å².